The summed E-state index contributed by atoms with van der Waals surface area (Å²) in [6, 6.07) is 9.60. The first-order chi connectivity index (χ1) is 9.65. The molecule has 3 N–H and O–H groups in total. The number of aromatic nitrogens is 1. The molecule has 0 aliphatic rings. The van der Waals surface area contributed by atoms with Crippen molar-refractivity contribution in [1.29, 1.82) is 0 Å². The Labute approximate surface area is 115 Å². The van der Waals surface area contributed by atoms with Gasteiger partial charge in [-0.2, -0.15) is 0 Å². The Morgan fingerprint density at radius 3 is 2.70 bits per heavy atom. The van der Waals surface area contributed by atoms with Gasteiger partial charge in [-0.05, 0) is 24.3 Å². The van der Waals surface area contributed by atoms with E-state index in [0.717, 1.165) is 0 Å². The number of phenols is 1. The van der Waals surface area contributed by atoms with Crippen molar-refractivity contribution in [2.45, 2.75) is 6.42 Å². The van der Waals surface area contributed by atoms with E-state index < -0.39 is 5.91 Å². The highest BCUT2D eigenvalue weighted by Gasteiger charge is 2.08. The number of benzene rings is 1. The first-order valence-electron chi connectivity index (χ1n) is 5.87. The molecule has 0 saturated heterocycles. The van der Waals surface area contributed by atoms with Crippen LogP contribution in [-0.2, 0) is 4.79 Å². The Balaban J connectivity index is 2.22. The number of pyridine rings is 1. The topological polar surface area (TPSA) is 97.8 Å². The van der Waals surface area contributed by atoms with E-state index in [1.165, 1.54) is 12.1 Å². The summed E-state index contributed by atoms with van der Waals surface area (Å²) in [5, 5.41) is 13.3. The van der Waals surface area contributed by atoms with E-state index in [-0.39, 0.29) is 12.2 Å². The Morgan fingerprint density at radius 1 is 1.30 bits per heavy atom. The molecule has 2 aromatic rings. The van der Waals surface area contributed by atoms with Crippen LogP contribution in [-0.4, -0.2) is 21.7 Å². The Bertz CT molecular complexity index is 627. The van der Waals surface area contributed by atoms with E-state index in [4.69, 9.17) is 10.6 Å². The summed E-state index contributed by atoms with van der Waals surface area (Å²) >= 11 is 0. The van der Waals surface area contributed by atoms with Crippen LogP contribution in [0.4, 0.5) is 0 Å². The van der Waals surface area contributed by atoms with Crippen LogP contribution in [0.25, 0.3) is 0 Å². The molecule has 1 amide bonds. The van der Waals surface area contributed by atoms with E-state index in [9.17, 15) is 9.90 Å². The lowest BCUT2D eigenvalue weighted by Crippen LogP contribution is -2.17. The van der Waals surface area contributed by atoms with Gasteiger partial charge in [-0.15, -0.1) is 0 Å². The van der Waals surface area contributed by atoms with Crippen molar-refractivity contribution >= 4 is 11.6 Å². The molecule has 1 aromatic carbocycles. The van der Waals surface area contributed by atoms with E-state index in [1.807, 2.05) is 0 Å². The van der Waals surface area contributed by atoms with Crippen molar-refractivity contribution in [2.24, 2.45) is 10.9 Å². The smallest absolute Gasteiger partial charge is 0.223 e. The zero-order valence-corrected chi connectivity index (χ0v) is 10.6. The summed E-state index contributed by atoms with van der Waals surface area (Å²) < 4.78 is 0. The van der Waals surface area contributed by atoms with Crippen LogP contribution >= 0.6 is 0 Å². The Hall–Kier alpha value is -2.89. The minimum absolute atomic E-state index is 0.0527. The van der Waals surface area contributed by atoms with E-state index in [0.29, 0.717) is 17.0 Å². The molecule has 1 heterocycles. The molecule has 0 bridgehead atoms. The molecule has 0 aliphatic carbocycles. The van der Waals surface area contributed by atoms with Crippen LogP contribution in [0.1, 0.15) is 12.0 Å². The highest BCUT2D eigenvalue weighted by molar-refractivity contribution is 6.09. The number of hydrogen-bond acceptors (Lipinski definition) is 5. The summed E-state index contributed by atoms with van der Waals surface area (Å²) in [5.41, 5.74) is 6.28. The fourth-order valence-electron chi connectivity index (χ4n) is 1.54. The first kappa shape index (κ1) is 13.5. The molecule has 20 heavy (non-hydrogen) atoms. The van der Waals surface area contributed by atoms with Gasteiger partial charge in [-0.25, -0.2) is 0 Å². The maximum Gasteiger partial charge on any atom is 0.223 e. The molecular weight excluding hydrogens is 258 g/mol. The maximum atomic E-state index is 11.1. The van der Waals surface area contributed by atoms with Crippen molar-refractivity contribution in [3.8, 4) is 11.5 Å². The summed E-state index contributed by atoms with van der Waals surface area (Å²) in [5.74, 6) is -0.0841. The van der Waals surface area contributed by atoms with Crippen LogP contribution in [0.5, 0.6) is 11.5 Å². The minimum Gasteiger partial charge on any atom is -0.508 e. The van der Waals surface area contributed by atoms with Crippen LogP contribution in [0, 0.1) is 0 Å². The number of carbonyl (C=O) groups is 1. The van der Waals surface area contributed by atoms with E-state index >= 15 is 0 Å². The molecule has 102 valence electrons. The van der Waals surface area contributed by atoms with Gasteiger partial charge in [0.1, 0.15) is 5.75 Å². The molecule has 6 nitrogen and oxygen atoms in total. The summed E-state index contributed by atoms with van der Waals surface area (Å²) in [6.07, 6.45) is 3.11. The lowest BCUT2D eigenvalue weighted by Gasteiger charge is -2.05. The third-order valence-electron chi connectivity index (χ3n) is 2.43. The number of primary amides is 1. The second-order valence-electron chi connectivity index (χ2n) is 4.01. The average molecular weight is 271 g/mol. The maximum absolute atomic E-state index is 11.1. The third kappa shape index (κ3) is 3.81. The van der Waals surface area contributed by atoms with Gasteiger partial charge in [0.2, 0.25) is 5.91 Å². The molecule has 2 rings (SSSR count). The summed E-state index contributed by atoms with van der Waals surface area (Å²) in [7, 11) is 0. The fourth-order valence-corrected chi connectivity index (χ4v) is 1.54. The SMILES string of the molecule is NC(=O)C/C(=N\Oc1cccc(O)c1)c1ccncc1. The highest BCUT2D eigenvalue weighted by atomic mass is 16.6. The number of phenolic OH excluding ortho intramolecular Hbond substituents is 1. The van der Waals surface area contributed by atoms with Gasteiger partial charge in [0.05, 0.1) is 12.1 Å². The quantitative estimate of drug-likeness (QED) is 0.635. The van der Waals surface area contributed by atoms with Gasteiger partial charge >= 0.3 is 0 Å². The molecule has 0 saturated carbocycles. The van der Waals surface area contributed by atoms with Gasteiger partial charge in [-0.1, -0.05) is 11.2 Å². The van der Waals surface area contributed by atoms with Gasteiger partial charge in [0, 0.05) is 24.0 Å². The molecular formula is C14H13N3O3. The van der Waals surface area contributed by atoms with Crippen molar-refractivity contribution in [1.82, 2.24) is 4.98 Å². The number of rotatable bonds is 5. The average Bonchev–Trinajstić information content (AvgIpc) is 2.44. The largest absolute Gasteiger partial charge is 0.508 e. The lowest BCUT2D eigenvalue weighted by molar-refractivity contribution is -0.116. The van der Waals surface area contributed by atoms with Gasteiger partial charge in [-0.3, -0.25) is 9.78 Å². The highest BCUT2D eigenvalue weighted by Crippen LogP contribution is 2.18. The summed E-state index contributed by atoms with van der Waals surface area (Å²) in [6.45, 7) is 0. The Kier molecular flexibility index (Phi) is 4.28. The predicted octanol–water partition coefficient (Wildman–Crippen LogP) is 1.45. The zero-order chi connectivity index (χ0) is 14.4. The Morgan fingerprint density at radius 2 is 2.05 bits per heavy atom. The predicted molar refractivity (Wildman–Crippen MR) is 73.3 cm³/mol. The minimum atomic E-state index is -0.514. The molecule has 0 atom stereocenters. The zero-order valence-electron chi connectivity index (χ0n) is 10.6. The van der Waals surface area contributed by atoms with Crippen molar-refractivity contribution in [3.05, 3.63) is 54.4 Å². The molecule has 0 unspecified atom stereocenters. The van der Waals surface area contributed by atoms with Crippen LogP contribution in [0.2, 0.25) is 0 Å². The van der Waals surface area contributed by atoms with Crippen molar-refractivity contribution < 1.29 is 14.7 Å². The number of carbonyl (C=O) groups excluding carboxylic acids is 1. The first-order valence-corrected chi connectivity index (χ1v) is 5.87. The number of nitrogens with two attached hydrogens (primary N) is 1. The van der Waals surface area contributed by atoms with Crippen LogP contribution < -0.4 is 10.6 Å². The normalized spacial score (nSPS) is 11.1. The number of oxime groups is 1. The monoisotopic (exact) mass is 271 g/mol. The number of nitrogens with zero attached hydrogens (tertiary/aromatic N) is 2. The van der Waals surface area contributed by atoms with Crippen LogP contribution in [0.15, 0.2) is 53.9 Å². The van der Waals surface area contributed by atoms with Crippen molar-refractivity contribution in [3.63, 3.8) is 0 Å². The molecule has 1 aromatic heterocycles. The number of hydrogen-bond donors (Lipinski definition) is 2. The summed E-state index contributed by atoms with van der Waals surface area (Å²) in [4.78, 5) is 20.2. The second kappa shape index (κ2) is 6.33. The lowest BCUT2D eigenvalue weighted by atomic mass is 10.1. The standard InChI is InChI=1S/C14H13N3O3/c15-14(19)9-13(10-4-6-16-7-5-10)17-20-12-3-1-2-11(18)8-12/h1-8,18H,9H2,(H2,15,19)/b17-13+. The molecule has 0 radical (unpaired) electrons. The molecule has 0 aliphatic heterocycles. The fraction of sp³-hybridized carbons (Fsp3) is 0.0714. The van der Waals surface area contributed by atoms with E-state index in [2.05, 4.69) is 10.1 Å². The van der Waals surface area contributed by atoms with Gasteiger partial charge in [0.25, 0.3) is 0 Å². The third-order valence-corrected chi connectivity index (χ3v) is 2.43. The van der Waals surface area contributed by atoms with E-state index in [1.54, 1.807) is 36.7 Å². The van der Waals surface area contributed by atoms with Crippen molar-refractivity contribution in [2.75, 3.05) is 0 Å². The molecule has 6 heteroatoms. The molecule has 0 spiro atoms. The second-order valence-corrected chi connectivity index (χ2v) is 4.01. The van der Waals surface area contributed by atoms with Crippen LogP contribution in [0.3, 0.4) is 0 Å². The van der Waals surface area contributed by atoms with Gasteiger partial charge in [0.15, 0.2) is 5.75 Å². The number of amides is 1. The van der Waals surface area contributed by atoms with Gasteiger partial charge < -0.3 is 15.7 Å². The number of aromatic hydroxyl groups is 1. The molecule has 0 fully saturated rings.